The van der Waals surface area contributed by atoms with Crippen LogP contribution in [0.1, 0.15) is 31.2 Å². The van der Waals surface area contributed by atoms with Gasteiger partial charge < -0.3 is 14.8 Å². The van der Waals surface area contributed by atoms with Gasteiger partial charge in [-0.2, -0.15) is 0 Å². The molecule has 0 saturated heterocycles. The van der Waals surface area contributed by atoms with Gasteiger partial charge in [0.25, 0.3) is 0 Å². The van der Waals surface area contributed by atoms with Gasteiger partial charge in [0.2, 0.25) is 0 Å². The SMILES string of the molecule is COc1ccc(CCCCNC2CC2)c(OC)c1. The number of ether oxygens (including phenoxy) is 2. The van der Waals surface area contributed by atoms with Crippen molar-refractivity contribution >= 4 is 0 Å². The standard InChI is InChI=1S/C15H23NO2/c1-17-14-9-6-12(15(11-14)18-2)5-3-4-10-16-13-7-8-13/h6,9,11,13,16H,3-5,7-8,10H2,1-2H3. The number of rotatable bonds is 8. The predicted octanol–water partition coefficient (Wildman–Crippen LogP) is 2.78. The van der Waals surface area contributed by atoms with Crippen molar-refractivity contribution in [3.63, 3.8) is 0 Å². The molecule has 0 amide bonds. The molecule has 0 aliphatic heterocycles. The first-order valence-electron chi connectivity index (χ1n) is 6.78. The van der Waals surface area contributed by atoms with E-state index in [1.807, 2.05) is 12.1 Å². The van der Waals surface area contributed by atoms with Crippen LogP contribution in [0.25, 0.3) is 0 Å². The first-order valence-corrected chi connectivity index (χ1v) is 6.78. The van der Waals surface area contributed by atoms with Gasteiger partial charge in [-0.1, -0.05) is 6.07 Å². The Labute approximate surface area is 109 Å². The summed E-state index contributed by atoms with van der Waals surface area (Å²) in [6.45, 7) is 1.14. The minimum Gasteiger partial charge on any atom is -0.497 e. The summed E-state index contributed by atoms with van der Waals surface area (Å²) in [7, 11) is 3.39. The van der Waals surface area contributed by atoms with Gasteiger partial charge in [-0.05, 0) is 50.3 Å². The molecule has 0 aromatic heterocycles. The average Bonchev–Trinajstić information content (AvgIpc) is 3.22. The number of hydrogen-bond donors (Lipinski definition) is 1. The molecule has 1 aliphatic carbocycles. The van der Waals surface area contributed by atoms with E-state index >= 15 is 0 Å². The Morgan fingerprint density at radius 3 is 2.67 bits per heavy atom. The molecule has 3 heteroatoms. The third-order valence-electron chi connectivity index (χ3n) is 3.38. The molecular formula is C15H23NO2. The molecule has 3 nitrogen and oxygen atoms in total. The summed E-state index contributed by atoms with van der Waals surface area (Å²) in [4.78, 5) is 0. The maximum Gasteiger partial charge on any atom is 0.125 e. The molecule has 18 heavy (non-hydrogen) atoms. The molecule has 1 N–H and O–H groups in total. The maximum absolute atomic E-state index is 5.40. The summed E-state index contributed by atoms with van der Waals surface area (Å²) in [5.74, 6) is 1.79. The van der Waals surface area contributed by atoms with Crippen LogP contribution in [0, 0.1) is 0 Å². The number of unbranched alkanes of at least 4 members (excludes halogenated alkanes) is 1. The van der Waals surface area contributed by atoms with E-state index in [1.165, 1.54) is 31.2 Å². The zero-order chi connectivity index (χ0) is 12.8. The topological polar surface area (TPSA) is 30.5 Å². The molecule has 1 aromatic carbocycles. The molecule has 2 rings (SSSR count). The summed E-state index contributed by atoms with van der Waals surface area (Å²) in [5.41, 5.74) is 1.27. The minimum atomic E-state index is 0.820. The summed E-state index contributed by atoms with van der Waals surface area (Å²) in [6.07, 6.45) is 6.23. The third kappa shape index (κ3) is 3.91. The molecule has 1 aromatic rings. The van der Waals surface area contributed by atoms with Gasteiger partial charge in [0.1, 0.15) is 11.5 Å². The molecular weight excluding hydrogens is 226 g/mol. The first kappa shape index (κ1) is 13.2. The predicted molar refractivity (Wildman–Crippen MR) is 73.5 cm³/mol. The molecule has 0 radical (unpaired) electrons. The highest BCUT2D eigenvalue weighted by molar-refractivity contribution is 5.40. The van der Waals surface area contributed by atoms with Crippen molar-refractivity contribution in [2.45, 2.75) is 38.1 Å². The smallest absolute Gasteiger partial charge is 0.125 e. The molecule has 1 fully saturated rings. The average molecular weight is 249 g/mol. The Bertz CT molecular complexity index is 375. The second-order valence-corrected chi connectivity index (χ2v) is 4.86. The molecule has 0 unspecified atom stereocenters. The summed E-state index contributed by atoms with van der Waals surface area (Å²) < 4.78 is 10.6. The van der Waals surface area contributed by atoms with Crippen LogP contribution in [0.15, 0.2) is 18.2 Å². The number of aryl methyl sites for hydroxylation is 1. The maximum atomic E-state index is 5.40. The van der Waals surface area contributed by atoms with Crippen LogP contribution in [0.5, 0.6) is 11.5 Å². The highest BCUT2D eigenvalue weighted by Crippen LogP contribution is 2.25. The Morgan fingerprint density at radius 1 is 1.17 bits per heavy atom. The Hall–Kier alpha value is -1.22. The van der Waals surface area contributed by atoms with Crippen LogP contribution in [0.4, 0.5) is 0 Å². The third-order valence-corrected chi connectivity index (χ3v) is 3.38. The lowest BCUT2D eigenvalue weighted by molar-refractivity contribution is 0.390. The molecule has 0 spiro atoms. The van der Waals surface area contributed by atoms with E-state index in [2.05, 4.69) is 11.4 Å². The van der Waals surface area contributed by atoms with Crippen LogP contribution in [-0.2, 0) is 6.42 Å². The number of methoxy groups -OCH3 is 2. The fourth-order valence-corrected chi connectivity index (χ4v) is 2.09. The van der Waals surface area contributed by atoms with E-state index in [1.54, 1.807) is 14.2 Å². The quantitative estimate of drug-likeness (QED) is 0.719. The Morgan fingerprint density at radius 2 is 2.00 bits per heavy atom. The lowest BCUT2D eigenvalue weighted by atomic mass is 10.1. The first-order chi connectivity index (χ1) is 8.83. The van der Waals surface area contributed by atoms with Gasteiger partial charge in [-0.25, -0.2) is 0 Å². The molecule has 1 aliphatic rings. The van der Waals surface area contributed by atoms with Gasteiger partial charge in [-0.15, -0.1) is 0 Å². The fraction of sp³-hybridized carbons (Fsp3) is 0.600. The summed E-state index contributed by atoms with van der Waals surface area (Å²) in [5, 5.41) is 3.54. The van der Waals surface area contributed by atoms with Crippen LogP contribution in [0.3, 0.4) is 0 Å². The minimum absolute atomic E-state index is 0.820. The van der Waals surface area contributed by atoms with Crippen LogP contribution < -0.4 is 14.8 Å². The van der Waals surface area contributed by atoms with E-state index in [4.69, 9.17) is 9.47 Å². The van der Waals surface area contributed by atoms with Crippen molar-refractivity contribution in [1.29, 1.82) is 0 Å². The van der Waals surface area contributed by atoms with Gasteiger partial charge in [0.05, 0.1) is 14.2 Å². The number of benzene rings is 1. The molecule has 0 heterocycles. The van der Waals surface area contributed by atoms with Crippen LogP contribution >= 0.6 is 0 Å². The molecule has 100 valence electrons. The van der Waals surface area contributed by atoms with Gasteiger partial charge in [0.15, 0.2) is 0 Å². The monoisotopic (exact) mass is 249 g/mol. The molecule has 0 atom stereocenters. The van der Waals surface area contributed by atoms with Crippen molar-refractivity contribution in [3.8, 4) is 11.5 Å². The highest BCUT2D eigenvalue weighted by atomic mass is 16.5. The normalized spacial score (nSPS) is 14.6. The van der Waals surface area contributed by atoms with Gasteiger partial charge in [-0.3, -0.25) is 0 Å². The second kappa shape index (κ2) is 6.64. The highest BCUT2D eigenvalue weighted by Gasteiger charge is 2.19. The van der Waals surface area contributed by atoms with E-state index in [0.717, 1.165) is 30.5 Å². The lowest BCUT2D eigenvalue weighted by Crippen LogP contribution is -2.17. The van der Waals surface area contributed by atoms with E-state index in [0.29, 0.717) is 0 Å². The van der Waals surface area contributed by atoms with Crippen molar-refractivity contribution in [2.24, 2.45) is 0 Å². The fourth-order valence-electron chi connectivity index (χ4n) is 2.09. The van der Waals surface area contributed by atoms with Crippen LogP contribution in [-0.4, -0.2) is 26.8 Å². The Balaban J connectivity index is 1.76. The molecule has 1 saturated carbocycles. The van der Waals surface area contributed by atoms with Crippen molar-refractivity contribution in [1.82, 2.24) is 5.32 Å². The lowest BCUT2D eigenvalue weighted by Gasteiger charge is -2.10. The van der Waals surface area contributed by atoms with E-state index in [-0.39, 0.29) is 0 Å². The number of nitrogens with one attached hydrogen (secondary N) is 1. The van der Waals surface area contributed by atoms with Crippen molar-refractivity contribution in [2.75, 3.05) is 20.8 Å². The number of hydrogen-bond acceptors (Lipinski definition) is 3. The van der Waals surface area contributed by atoms with E-state index in [9.17, 15) is 0 Å². The zero-order valence-corrected chi connectivity index (χ0v) is 11.4. The zero-order valence-electron chi connectivity index (χ0n) is 11.4. The van der Waals surface area contributed by atoms with E-state index < -0.39 is 0 Å². The Kier molecular flexibility index (Phi) is 4.88. The second-order valence-electron chi connectivity index (χ2n) is 4.86. The van der Waals surface area contributed by atoms with Gasteiger partial charge in [0, 0.05) is 12.1 Å². The largest absolute Gasteiger partial charge is 0.497 e. The molecule has 0 bridgehead atoms. The van der Waals surface area contributed by atoms with Crippen molar-refractivity contribution in [3.05, 3.63) is 23.8 Å². The summed E-state index contributed by atoms with van der Waals surface area (Å²) in [6, 6.07) is 6.88. The van der Waals surface area contributed by atoms with Crippen LogP contribution in [0.2, 0.25) is 0 Å². The van der Waals surface area contributed by atoms with Gasteiger partial charge >= 0.3 is 0 Å². The summed E-state index contributed by atoms with van der Waals surface area (Å²) >= 11 is 0. The van der Waals surface area contributed by atoms with Crippen molar-refractivity contribution < 1.29 is 9.47 Å².